The van der Waals surface area contributed by atoms with Gasteiger partial charge >= 0.3 is 12.2 Å². The molecule has 3 aliphatic carbocycles. The van der Waals surface area contributed by atoms with Gasteiger partial charge in [-0.25, -0.2) is 27.9 Å². The number of aromatic nitrogens is 6. The first-order valence-electron chi connectivity index (χ1n) is 19.4. The van der Waals surface area contributed by atoms with Crippen LogP contribution in [0.5, 0.6) is 0 Å². The number of halogens is 2. The Morgan fingerprint density at radius 1 is 1.04 bits per heavy atom. The third kappa shape index (κ3) is 7.57. The highest BCUT2D eigenvalue weighted by atomic mass is 35.5. The quantitative estimate of drug-likeness (QED) is 0.138. The maximum atomic E-state index is 14.7. The molecule has 1 aliphatic heterocycles. The van der Waals surface area contributed by atoms with Gasteiger partial charge in [0.2, 0.25) is 0 Å². The Balaban J connectivity index is 1.14. The highest BCUT2D eigenvalue weighted by Crippen LogP contribution is 2.69. The number of hydrogen-bond donors (Lipinski definition) is 1. The van der Waals surface area contributed by atoms with Crippen LogP contribution in [0.15, 0.2) is 48.8 Å². The fourth-order valence-corrected chi connectivity index (χ4v) is 8.53. The van der Waals surface area contributed by atoms with Crippen LogP contribution in [0.4, 0.5) is 25.5 Å². The molecule has 15 heteroatoms. The van der Waals surface area contributed by atoms with Gasteiger partial charge < -0.3 is 19.5 Å². The Labute approximate surface area is 330 Å². The number of anilines is 2. The number of carbonyl (C=O) groups is 2. The smallest absolute Gasteiger partial charge is 0.420 e. The van der Waals surface area contributed by atoms with E-state index in [0.717, 1.165) is 52.4 Å². The summed E-state index contributed by atoms with van der Waals surface area (Å²) >= 11 is 6.04. The average Bonchev–Trinajstić information content (AvgIpc) is 3.84. The molecule has 1 saturated heterocycles. The van der Waals surface area contributed by atoms with Crippen LogP contribution in [-0.2, 0) is 20.8 Å². The molecule has 4 aliphatic rings. The number of amides is 1. The van der Waals surface area contributed by atoms with Crippen molar-refractivity contribution in [2.45, 2.75) is 110 Å². The summed E-state index contributed by atoms with van der Waals surface area (Å²) in [6, 6.07) is 11.7. The number of nitrogens with one attached hydrogen (secondary N) is 1. The maximum Gasteiger partial charge on any atom is 0.420 e. The monoisotopic (exact) mass is 788 g/mol. The lowest BCUT2D eigenvalue weighted by Gasteiger charge is -2.66. The predicted octanol–water partition coefficient (Wildman–Crippen LogP) is 9.06. The summed E-state index contributed by atoms with van der Waals surface area (Å²) in [5.74, 6) is 0.768. The van der Waals surface area contributed by atoms with Crippen molar-refractivity contribution in [3.05, 3.63) is 54.4 Å². The number of ether oxygens (including phenoxy) is 3. The van der Waals surface area contributed by atoms with Crippen molar-refractivity contribution in [3.63, 3.8) is 0 Å². The van der Waals surface area contributed by atoms with Crippen molar-refractivity contribution in [3.8, 4) is 11.3 Å². The van der Waals surface area contributed by atoms with E-state index in [0.29, 0.717) is 61.9 Å². The Bertz CT molecular complexity index is 2280. The minimum Gasteiger partial charge on any atom is -0.443 e. The van der Waals surface area contributed by atoms with E-state index in [9.17, 15) is 14.0 Å². The molecule has 298 valence electrons. The van der Waals surface area contributed by atoms with Gasteiger partial charge in [-0.05, 0) is 115 Å². The Kier molecular flexibility index (Phi) is 9.58. The number of hydrogen-bond acceptors (Lipinski definition) is 9. The minimum absolute atomic E-state index is 0.134. The number of fused-ring (bicyclic) bond motifs is 2. The zero-order valence-electron chi connectivity index (χ0n) is 32.9. The highest BCUT2D eigenvalue weighted by Gasteiger charge is 2.69. The SMILES string of the molecule is CC(C)(C)OC(=O)N(CC12CC(F)(C1)C2)c1cc2ccc(Cn3cc(-c4cc(NCCCl)cc5c4cnn5C4CCCCO4)nn3)cc2n1C(=O)OC(C)(C)C. The van der Waals surface area contributed by atoms with Crippen molar-refractivity contribution in [1.29, 1.82) is 0 Å². The van der Waals surface area contributed by atoms with Gasteiger partial charge in [0, 0.05) is 47.6 Å². The zero-order valence-corrected chi connectivity index (χ0v) is 33.7. The summed E-state index contributed by atoms with van der Waals surface area (Å²) in [5.41, 5.74) is 1.65. The molecule has 1 amide bonds. The second kappa shape index (κ2) is 14.0. The summed E-state index contributed by atoms with van der Waals surface area (Å²) in [6.45, 7) is 12.6. The number of carbonyl (C=O) groups excluding carboxylic acids is 2. The number of rotatable bonds is 10. The van der Waals surface area contributed by atoms with E-state index in [2.05, 4.69) is 21.7 Å². The summed E-state index contributed by atoms with van der Waals surface area (Å²) in [4.78, 5) is 29.4. The second-order valence-electron chi connectivity index (χ2n) is 17.7. The minimum atomic E-state index is -1.16. The van der Waals surface area contributed by atoms with E-state index in [4.69, 9.17) is 30.9 Å². The molecule has 5 aromatic rings. The van der Waals surface area contributed by atoms with Crippen LogP contribution in [0.2, 0.25) is 0 Å². The van der Waals surface area contributed by atoms with Crippen LogP contribution in [-0.4, -0.2) is 84.0 Å². The summed E-state index contributed by atoms with van der Waals surface area (Å²) < 4.78 is 37.7. The first-order chi connectivity index (χ1) is 26.5. The molecule has 1 unspecified atom stereocenters. The molecule has 0 radical (unpaired) electrons. The van der Waals surface area contributed by atoms with Crippen molar-refractivity contribution < 1.29 is 28.2 Å². The van der Waals surface area contributed by atoms with Gasteiger partial charge in [-0.15, -0.1) is 16.7 Å². The number of alkyl halides is 2. The van der Waals surface area contributed by atoms with Gasteiger partial charge in [0.25, 0.3) is 0 Å². The van der Waals surface area contributed by atoms with E-state index in [1.807, 2.05) is 41.3 Å². The fraction of sp³-hybridized carbons (Fsp3) is 0.537. The molecule has 2 aromatic carbocycles. The number of benzene rings is 2. The van der Waals surface area contributed by atoms with Crippen LogP contribution in [0.3, 0.4) is 0 Å². The first-order valence-corrected chi connectivity index (χ1v) is 19.9. The molecular weight excluding hydrogens is 739 g/mol. The van der Waals surface area contributed by atoms with E-state index < -0.39 is 29.1 Å². The second-order valence-corrected chi connectivity index (χ2v) is 18.1. The van der Waals surface area contributed by atoms with Gasteiger partial charge in [0.1, 0.15) is 28.4 Å². The van der Waals surface area contributed by atoms with E-state index >= 15 is 0 Å². The molecule has 4 heterocycles. The van der Waals surface area contributed by atoms with Crippen LogP contribution >= 0.6 is 11.6 Å². The van der Waals surface area contributed by atoms with Crippen LogP contribution < -0.4 is 10.2 Å². The molecule has 56 heavy (non-hydrogen) atoms. The molecular formula is C41H50ClFN8O5. The summed E-state index contributed by atoms with van der Waals surface area (Å²) in [6.07, 6.45) is 6.53. The lowest BCUT2D eigenvalue weighted by Crippen LogP contribution is -2.68. The maximum absolute atomic E-state index is 14.7. The zero-order chi connectivity index (χ0) is 39.6. The van der Waals surface area contributed by atoms with Gasteiger partial charge in [-0.3, -0.25) is 4.90 Å². The van der Waals surface area contributed by atoms with Gasteiger partial charge in [-0.2, -0.15) is 5.10 Å². The van der Waals surface area contributed by atoms with Crippen molar-refractivity contribution in [1.82, 2.24) is 29.3 Å². The Hall–Kier alpha value is -4.69. The molecule has 1 N–H and O–H groups in total. The Morgan fingerprint density at radius 2 is 1.80 bits per heavy atom. The van der Waals surface area contributed by atoms with E-state index in [1.165, 1.54) is 9.47 Å². The van der Waals surface area contributed by atoms with Crippen molar-refractivity contribution in [2.24, 2.45) is 5.41 Å². The van der Waals surface area contributed by atoms with Crippen molar-refractivity contribution in [2.75, 3.05) is 35.8 Å². The summed E-state index contributed by atoms with van der Waals surface area (Å²) in [5, 5.41) is 18.9. The standard InChI is InChI=1S/C41H50ClFN8O5/c1-38(2,3)55-36(52)49(25-40-22-41(43,23-40)24-40)34-16-27-11-10-26(15-32(27)50(34)37(53)56-39(4,5)6)20-48-21-31(46-47-48)29-17-28(44-13-12-42)18-33-30(29)19-45-51(33)35-9-7-8-14-54-35/h10-11,15-19,21,35,44H,7-9,12-14,20,22-25H2,1-6H3. The van der Waals surface area contributed by atoms with E-state index in [1.54, 1.807) is 52.3 Å². The van der Waals surface area contributed by atoms with Gasteiger partial charge in [0.15, 0.2) is 6.23 Å². The molecule has 13 nitrogen and oxygen atoms in total. The molecule has 3 aromatic heterocycles. The topological polar surface area (TPSA) is 131 Å². The molecule has 4 fully saturated rings. The van der Waals surface area contributed by atoms with Crippen molar-refractivity contribution >= 4 is 57.1 Å². The largest absolute Gasteiger partial charge is 0.443 e. The summed E-state index contributed by atoms with van der Waals surface area (Å²) in [7, 11) is 0. The molecule has 1 atom stereocenters. The van der Waals surface area contributed by atoms with Gasteiger partial charge in [-0.1, -0.05) is 17.3 Å². The normalized spacial score (nSPS) is 22.1. The van der Waals surface area contributed by atoms with Crippen LogP contribution in [0.25, 0.3) is 33.1 Å². The van der Waals surface area contributed by atoms with E-state index in [-0.39, 0.29) is 18.2 Å². The number of nitrogens with zero attached hydrogens (tertiary/aromatic N) is 7. The van der Waals surface area contributed by atoms with Gasteiger partial charge in [0.05, 0.1) is 30.0 Å². The molecule has 9 rings (SSSR count). The lowest BCUT2D eigenvalue weighted by molar-refractivity contribution is -0.206. The molecule has 3 saturated carbocycles. The van der Waals surface area contributed by atoms with Crippen LogP contribution in [0, 0.1) is 5.41 Å². The average molecular weight is 789 g/mol. The fourth-order valence-electron chi connectivity index (χ4n) is 8.43. The lowest BCUT2D eigenvalue weighted by atomic mass is 9.42. The third-order valence-electron chi connectivity index (χ3n) is 10.6. The third-order valence-corrected chi connectivity index (χ3v) is 10.8. The Morgan fingerprint density at radius 3 is 2.48 bits per heavy atom. The predicted molar refractivity (Wildman–Crippen MR) is 213 cm³/mol. The molecule has 0 spiro atoms. The van der Waals surface area contributed by atoms with Crippen LogP contribution in [0.1, 0.15) is 91.9 Å². The highest BCUT2D eigenvalue weighted by molar-refractivity contribution is 6.18. The first kappa shape index (κ1) is 38.2. The molecule has 2 bridgehead atoms.